The lowest BCUT2D eigenvalue weighted by Crippen LogP contribution is -2.48. The number of rotatable bonds is 3. The molecule has 0 amide bonds. The minimum atomic E-state index is -1.84. The monoisotopic (exact) mass is 242 g/mol. The highest BCUT2D eigenvalue weighted by Gasteiger charge is 2.40. The molecular formula is C12H22O3Si. The van der Waals surface area contributed by atoms with Gasteiger partial charge in [-0.3, -0.25) is 0 Å². The molecule has 1 aliphatic rings. The lowest BCUT2D eigenvalue weighted by atomic mass is 10.2. The van der Waals surface area contributed by atoms with Gasteiger partial charge in [0.2, 0.25) is 0 Å². The van der Waals surface area contributed by atoms with E-state index in [1.807, 2.05) is 12.2 Å². The zero-order valence-electron chi connectivity index (χ0n) is 10.8. The number of hydrogen-bond donors (Lipinski definition) is 0. The fraction of sp³-hybridized carbons (Fsp3) is 0.750. The molecule has 16 heavy (non-hydrogen) atoms. The minimum Gasteiger partial charge on any atom is -0.407 e. The molecule has 0 bridgehead atoms. The summed E-state index contributed by atoms with van der Waals surface area (Å²) in [7, 11) is -1.84. The van der Waals surface area contributed by atoms with Crippen molar-refractivity contribution in [1.29, 1.82) is 0 Å². The van der Waals surface area contributed by atoms with Crippen LogP contribution in [0.25, 0.3) is 0 Å². The molecule has 92 valence electrons. The molecule has 0 aromatic heterocycles. The molecule has 0 spiro atoms. The van der Waals surface area contributed by atoms with Crippen molar-refractivity contribution in [2.75, 3.05) is 6.61 Å². The topological polar surface area (TPSA) is 35.5 Å². The van der Waals surface area contributed by atoms with Gasteiger partial charge in [0.05, 0.1) is 12.7 Å². The fourth-order valence-electron chi connectivity index (χ4n) is 1.30. The Bertz CT molecular complexity index is 278. The smallest absolute Gasteiger partial charge is 0.193 e. The van der Waals surface area contributed by atoms with Gasteiger partial charge in [-0.25, -0.2) is 0 Å². The van der Waals surface area contributed by atoms with E-state index < -0.39 is 14.4 Å². The fourth-order valence-corrected chi connectivity index (χ4v) is 2.55. The van der Waals surface area contributed by atoms with E-state index in [-0.39, 0.29) is 11.1 Å². The average molecular weight is 242 g/mol. The highest BCUT2D eigenvalue weighted by molar-refractivity contribution is 6.74. The molecule has 0 fully saturated rings. The molecule has 0 saturated carbocycles. The molecule has 0 aromatic rings. The molecule has 0 aromatic carbocycles. The summed E-state index contributed by atoms with van der Waals surface area (Å²) in [4.78, 5) is 10.9. The van der Waals surface area contributed by atoms with Crippen molar-refractivity contribution in [3.63, 3.8) is 0 Å². The summed E-state index contributed by atoms with van der Waals surface area (Å²) in [6, 6.07) is 0. The van der Waals surface area contributed by atoms with Crippen LogP contribution in [0.4, 0.5) is 0 Å². The van der Waals surface area contributed by atoms with Gasteiger partial charge in [-0.05, 0) is 18.1 Å². The van der Waals surface area contributed by atoms with Gasteiger partial charge in [0.15, 0.2) is 14.6 Å². The summed E-state index contributed by atoms with van der Waals surface area (Å²) in [5.41, 5.74) is 0. The van der Waals surface area contributed by atoms with Crippen LogP contribution >= 0.6 is 0 Å². The van der Waals surface area contributed by atoms with E-state index in [1.165, 1.54) is 0 Å². The second-order valence-corrected chi connectivity index (χ2v) is 10.5. The Morgan fingerprint density at radius 1 is 1.44 bits per heavy atom. The summed E-state index contributed by atoms with van der Waals surface area (Å²) in [5, 5.41) is 0.145. The van der Waals surface area contributed by atoms with Gasteiger partial charge in [-0.1, -0.05) is 32.9 Å². The Morgan fingerprint density at radius 3 is 2.56 bits per heavy atom. The van der Waals surface area contributed by atoms with Crippen molar-refractivity contribution < 1.29 is 14.0 Å². The van der Waals surface area contributed by atoms with Crippen molar-refractivity contribution in [3.8, 4) is 0 Å². The van der Waals surface area contributed by atoms with Crippen LogP contribution in [0.2, 0.25) is 18.1 Å². The first-order valence-electron chi connectivity index (χ1n) is 5.69. The normalized spacial score (nSPS) is 26.8. The van der Waals surface area contributed by atoms with E-state index in [4.69, 9.17) is 9.16 Å². The third-order valence-electron chi connectivity index (χ3n) is 3.41. The quantitative estimate of drug-likeness (QED) is 0.433. The van der Waals surface area contributed by atoms with E-state index >= 15 is 0 Å². The molecule has 0 N–H and O–H groups in total. The first-order valence-corrected chi connectivity index (χ1v) is 8.60. The molecular weight excluding hydrogens is 220 g/mol. The minimum absolute atomic E-state index is 0.145. The average Bonchev–Trinajstić information content (AvgIpc) is 2.16. The predicted octanol–water partition coefficient (Wildman–Crippen LogP) is 2.53. The number of carbonyl (C=O) groups excluding carboxylic acids is 1. The van der Waals surface area contributed by atoms with Crippen molar-refractivity contribution >= 4 is 14.6 Å². The summed E-state index contributed by atoms with van der Waals surface area (Å²) in [6.07, 6.45) is 4.04. The van der Waals surface area contributed by atoms with Crippen LogP contribution in [0, 0.1) is 0 Å². The number of aldehydes is 1. The Labute approximate surface area is 99.0 Å². The standard InChI is InChI=1S/C12H22O3Si/c1-12(2,3)16(4,5)15-10-7-6-8-14-11(10)9-13/h6-7,9-11H,8H2,1-5H3/t10?,11-/m1/s1. The third kappa shape index (κ3) is 3.03. The van der Waals surface area contributed by atoms with Gasteiger partial charge in [0, 0.05) is 0 Å². The van der Waals surface area contributed by atoms with Gasteiger partial charge >= 0.3 is 0 Å². The molecule has 1 rings (SSSR count). The Morgan fingerprint density at radius 2 is 2.06 bits per heavy atom. The lowest BCUT2D eigenvalue weighted by molar-refractivity contribution is -0.122. The van der Waals surface area contributed by atoms with E-state index in [9.17, 15) is 4.79 Å². The van der Waals surface area contributed by atoms with E-state index in [0.717, 1.165) is 6.29 Å². The molecule has 4 heteroatoms. The molecule has 0 saturated heterocycles. The zero-order valence-corrected chi connectivity index (χ0v) is 11.8. The van der Waals surface area contributed by atoms with Gasteiger partial charge < -0.3 is 14.0 Å². The summed E-state index contributed by atoms with van der Waals surface area (Å²) < 4.78 is 11.5. The maximum atomic E-state index is 10.9. The number of ether oxygens (including phenoxy) is 1. The summed E-state index contributed by atoms with van der Waals surface area (Å²) in [6.45, 7) is 11.4. The third-order valence-corrected chi connectivity index (χ3v) is 7.88. The SMILES string of the molecule is CC(C)(C)[Si](C)(C)OC1C=CCO[C@@H]1C=O. The van der Waals surface area contributed by atoms with Gasteiger partial charge in [0.1, 0.15) is 6.10 Å². The largest absolute Gasteiger partial charge is 0.407 e. The van der Waals surface area contributed by atoms with Crippen molar-refractivity contribution in [2.24, 2.45) is 0 Å². The highest BCUT2D eigenvalue weighted by Crippen LogP contribution is 2.38. The van der Waals surface area contributed by atoms with Crippen molar-refractivity contribution in [1.82, 2.24) is 0 Å². The first kappa shape index (κ1) is 13.6. The van der Waals surface area contributed by atoms with Crippen LogP contribution in [0.5, 0.6) is 0 Å². The van der Waals surface area contributed by atoms with Crippen LogP contribution in [-0.2, 0) is 14.0 Å². The van der Waals surface area contributed by atoms with Crippen LogP contribution in [0.1, 0.15) is 20.8 Å². The van der Waals surface area contributed by atoms with Crippen LogP contribution < -0.4 is 0 Å². The molecule has 0 radical (unpaired) electrons. The Kier molecular flexibility index (Phi) is 4.10. The Hall–Kier alpha value is -0.453. The second-order valence-electron chi connectivity index (χ2n) is 5.70. The number of carbonyl (C=O) groups is 1. The van der Waals surface area contributed by atoms with Gasteiger partial charge in [-0.15, -0.1) is 0 Å². The second kappa shape index (κ2) is 4.81. The van der Waals surface area contributed by atoms with Gasteiger partial charge in [0.25, 0.3) is 0 Å². The first-order chi connectivity index (χ1) is 7.28. The Balaban J connectivity index is 2.75. The summed E-state index contributed by atoms with van der Waals surface area (Å²) >= 11 is 0. The lowest BCUT2D eigenvalue weighted by Gasteiger charge is -2.40. The zero-order chi connectivity index (χ0) is 12.4. The maximum Gasteiger partial charge on any atom is 0.193 e. The maximum absolute atomic E-state index is 10.9. The van der Waals surface area contributed by atoms with Gasteiger partial charge in [-0.2, -0.15) is 0 Å². The van der Waals surface area contributed by atoms with Crippen molar-refractivity contribution in [3.05, 3.63) is 12.2 Å². The van der Waals surface area contributed by atoms with Crippen LogP contribution in [-0.4, -0.2) is 33.4 Å². The number of hydrogen-bond acceptors (Lipinski definition) is 3. The highest BCUT2D eigenvalue weighted by atomic mass is 28.4. The van der Waals surface area contributed by atoms with Crippen molar-refractivity contribution in [2.45, 2.75) is 51.1 Å². The summed E-state index contributed by atoms with van der Waals surface area (Å²) in [5.74, 6) is 0. The molecule has 1 unspecified atom stereocenters. The molecule has 2 atom stereocenters. The van der Waals surface area contributed by atoms with E-state index in [2.05, 4.69) is 33.9 Å². The molecule has 1 heterocycles. The molecule has 0 aliphatic carbocycles. The van der Waals surface area contributed by atoms with Crippen LogP contribution in [0.15, 0.2) is 12.2 Å². The van der Waals surface area contributed by atoms with Crippen LogP contribution in [0.3, 0.4) is 0 Å². The van der Waals surface area contributed by atoms with E-state index in [1.54, 1.807) is 0 Å². The molecule has 1 aliphatic heterocycles. The molecule has 3 nitrogen and oxygen atoms in total. The predicted molar refractivity (Wildman–Crippen MR) is 67.0 cm³/mol. The van der Waals surface area contributed by atoms with E-state index in [0.29, 0.717) is 6.61 Å².